The molecule has 0 spiro atoms. The molecule has 2 aliphatic rings. The predicted octanol–water partition coefficient (Wildman–Crippen LogP) is 3.22. The monoisotopic (exact) mass is 398 g/mol. The van der Waals surface area contributed by atoms with Crippen LogP contribution >= 0.6 is 11.3 Å². The van der Waals surface area contributed by atoms with Crippen LogP contribution in [0.15, 0.2) is 23.7 Å². The Hall–Kier alpha value is -1.76. The Balaban J connectivity index is 1.44. The first kappa shape index (κ1) is 19.6. The van der Waals surface area contributed by atoms with Crippen LogP contribution in [0.2, 0.25) is 0 Å². The molecule has 28 heavy (non-hydrogen) atoms. The zero-order chi connectivity index (χ0) is 19.5. The third-order valence-electron chi connectivity index (χ3n) is 6.10. The predicted molar refractivity (Wildman–Crippen MR) is 113 cm³/mol. The zero-order valence-electron chi connectivity index (χ0n) is 16.7. The molecular weight excluding hydrogens is 368 g/mol. The molecule has 2 aliphatic heterocycles. The van der Waals surface area contributed by atoms with Crippen molar-refractivity contribution in [3.05, 3.63) is 51.0 Å². The molecule has 150 valence electrons. The fourth-order valence-electron chi connectivity index (χ4n) is 4.35. The number of carbonyl (C=O) groups is 1. The Bertz CT molecular complexity index is 816. The minimum Gasteiger partial charge on any atom is -0.334 e. The summed E-state index contributed by atoms with van der Waals surface area (Å²) in [5, 5.41) is 2.08. The average molecular weight is 399 g/mol. The SMILES string of the molecule is CCc1ccc(CN2CCc3c(C(=O)N4CCCCC4CN)csc3C2)nc1. The largest absolute Gasteiger partial charge is 0.334 e. The molecule has 4 rings (SSSR count). The van der Waals surface area contributed by atoms with Crippen molar-refractivity contribution >= 4 is 17.2 Å². The number of hydrogen-bond donors (Lipinski definition) is 1. The van der Waals surface area contributed by atoms with E-state index < -0.39 is 0 Å². The lowest BCUT2D eigenvalue weighted by Gasteiger charge is -2.35. The summed E-state index contributed by atoms with van der Waals surface area (Å²) in [5.74, 6) is 0.193. The van der Waals surface area contributed by atoms with Gasteiger partial charge in [-0.25, -0.2) is 0 Å². The molecule has 4 heterocycles. The van der Waals surface area contributed by atoms with E-state index >= 15 is 0 Å². The number of carbonyl (C=O) groups excluding carboxylic acids is 1. The van der Waals surface area contributed by atoms with E-state index in [1.807, 2.05) is 11.1 Å². The molecule has 1 amide bonds. The number of nitrogens with zero attached hydrogens (tertiary/aromatic N) is 3. The second-order valence-corrected chi connectivity index (χ2v) is 8.87. The van der Waals surface area contributed by atoms with Crippen LogP contribution in [0.5, 0.6) is 0 Å². The summed E-state index contributed by atoms with van der Waals surface area (Å²) in [6.07, 6.45) is 7.25. The highest BCUT2D eigenvalue weighted by Crippen LogP contribution is 2.31. The van der Waals surface area contributed by atoms with Crippen molar-refractivity contribution < 1.29 is 4.79 Å². The molecule has 0 bridgehead atoms. The molecule has 1 atom stereocenters. The van der Waals surface area contributed by atoms with Crippen LogP contribution < -0.4 is 5.73 Å². The van der Waals surface area contributed by atoms with Gasteiger partial charge in [0.1, 0.15) is 0 Å². The van der Waals surface area contributed by atoms with Crippen LogP contribution in [0.3, 0.4) is 0 Å². The van der Waals surface area contributed by atoms with E-state index in [-0.39, 0.29) is 11.9 Å². The average Bonchev–Trinajstić information content (AvgIpc) is 3.17. The molecule has 0 aliphatic carbocycles. The van der Waals surface area contributed by atoms with E-state index in [1.165, 1.54) is 22.4 Å². The summed E-state index contributed by atoms with van der Waals surface area (Å²) in [4.78, 5) is 23.6. The molecule has 0 saturated carbocycles. The van der Waals surface area contributed by atoms with Crippen molar-refractivity contribution in [1.82, 2.24) is 14.8 Å². The topological polar surface area (TPSA) is 62.5 Å². The maximum atomic E-state index is 13.2. The van der Waals surface area contributed by atoms with Gasteiger partial charge in [-0.2, -0.15) is 0 Å². The van der Waals surface area contributed by atoms with E-state index in [1.54, 1.807) is 11.3 Å². The van der Waals surface area contributed by atoms with E-state index in [4.69, 9.17) is 5.73 Å². The summed E-state index contributed by atoms with van der Waals surface area (Å²) in [6, 6.07) is 4.52. The lowest BCUT2D eigenvalue weighted by molar-refractivity contribution is 0.0622. The zero-order valence-corrected chi connectivity index (χ0v) is 17.5. The molecule has 1 fully saturated rings. The van der Waals surface area contributed by atoms with Crippen LogP contribution in [0, 0.1) is 0 Å². The highest BCUT2D eigenvalue weighted by Gasteiger charge is 2.30. The Morgan fingerprint density at radius 1 is 1.32 bits per heavy atom. The van der Waals surface area contributed by atoms with Crippen molar-refractivity contribution in [2.75, 3.05) is 19.6 Å². The molecule has 6 heteroatoms. The van der Waals surface area contributed by atoms with E-state index in [2.05, 4.69) is 34.3 Å². The molecule has 0 aromatic carbocycles. The van der Waals surface area contributed by atoms with Gasteiger partial charge >= 0.3 is 0 Å². The summed E-state index contributed by atoms with van der Waals surface area (Å²) in [7, 11) is 0. The minimum atomic E-state index is 0.193. The first-order chi connectivity index (χ1) is 13.7. The number of piperidine rings is 1. The molecule has 1 unspecified atom stereocenters. The number of pyridine rings is 1. The van der Waals surface area contributed by atoms with Gasteiger partial charge in [-0.1, -0.05) is 13.0 Å². The van der Waals surface area contributed by atoms with Crippen LogP contribution in [0.4, 0.5) is 0 Å². The number of nitrogens with two attached hydrogens (primary N) is 1. The quantitative estimate of drug-likeness (QED) is 0.840. The lowest BCUT2D eigenvalue weighted by atomic mass is 9.98. The maximum Gasteiger partial charge on any atom is 0.255 e. The molecule has 0 radical (unpaired) electrons. The highest BCUT2D eigenvalue weighted by atomic mass is 32.1. The standard InChI is InChI=1S/C22H30N4OS/c1-2-16-6-7-17(24-12-16)13-25-10-8-19-20(15-28-21(19)14-25)22(27)26-9-4-3-5-18(26)11-23/h6-7,12,15,18H,2-5,8-11,13-14,23H2,1H3. The van der Waals surface area contributed by atoms with Gasteiger partial charge in [-0.15, -0.1) is 11.3 Å². The van der Waals surface area contributed by atoms with Crippen LogP contribution in [-0.2, 0) is 25.9 Å². The number of aryl methyl sites for hydroxylation is 1. The maximum absolute atomic E-state index is 13.2. The van der Waals surface area contributed by atoms with Crippen molar-refractivity contribution in [1.29, 1.82) is 0 Å². The van der Waals surface area contributed by atoms with Gasteiger partial charge in [0.05, 0.1) is 11.3 Å². The van der Waals surface area contributed by atoms with E-state index in [0.717, 1.165) is 63.1 Å². The van der Waals surface area contributed by atoms with Crippen molar-refractivity contribution in [3.63, 3.8) is 0 Å². The normalized spacial score (nSPS) is 20.2. The Kier molecular flexibility index (Phi) is 6.09. The Morgan fingerprint density at radius 2 is 2.21 bits per heavy atom. The first-order valence-electron chi connectivity index (χ1n) is 10.5. The number of fused-ring (bicyclic) bond motifs is 1. The number of likely N-dealkylation sites (tertiary alicyclic amines) is 1. The number of aromatic nitrogens is 1. The first-order valence-corrected chi connectivity index (χ1v) is 11.3. The lowest BCUT2D eigenvalue weighted by Crippen LogP contribution is -2.47. The summed E-state index contributed by atoms with van der Waals surface area (Å²) in [6.45, 7) is 6.31. The summed E-state index contributed by atoms with van der Waals surface area (Å²) in [5.41, 5.74) is 10.5. The van der Waals surface area contributed by atoms with E-state index in [0.29, 0.717) is 6.54 Å². The second-order valence-electron chi connectivity index (χ2n) is 7.91. The van der Waals surface area contributed by atoms with Gasteiger partial charge in [-0.3, -0.25) is 14.7 Å². The number of thiophene rings is 1. The third kappa shape index (κ3) is 4.00. The summed E-state index contributed by atoms with van der Waals surface area (Å²) >= 11 is 1.73. The molecule has 2 N–H and O–H groups in total. The molecular formula is C22H30N4OS. The molecule has 5 nitrogen and oxygen atoms in total. The van der Waals surface area contributed by atoms with Crippen LogP contribution in [0.1, 0.15) is 58.2 Å². The fourth-order valence-corrected chi connectivity index (χ4v) is 5.46. The van der Waals surface area contributed by atoms with Crippen LogP contribution in [-0.4, -0.2) is 46.4 Å². The minimum absolute atomic E-state index is 0.193. The van der Waals surface area contributed by atoms with Crippen molar-refractivity contribution in [2.45, 2.75) is 58.2 Å². The van der Waals surface area contributed by atoms with Crippen molar-refractivity contribution in [3.8, 4) is 0 Å². The van der Waals surface area contributed by atoms with Gasteiger partial charge in [0.15, 0.2) is 0 Å². The summed E-state index contributed by atoms with van der Waals surface area (Å²) < 4.78 is 0. The van der Waals surface area contributed by atoms with Gasteiger partial charge < -0.3 is 10.6 Å². The number of amides is 1. The smallest absolute Gasteiger partial charge is 0.255 e. The van der Waals surface area contributed by atoms with Gasteiger partial charge in [-0.05, 0) is 49.3 Å². The second kappa shape index (κ2) is 8.72. The fraction of sp³-hybridized carbons (Fsp3) is 0.545. The third-order valence-corrected chi connectivity index (χ3v) is 7.11. The van der Waals surface area contributed by atoms with E-state index in [9.17, 15) is 4.79 Å². The molecule has 1 saturated heterocycles. The molecule has 2 aromatic heterocycles. The van der Waals surface area contributed by atoms with Crippen LogP contribution in [0.25, 0.3) is 0 Å². The number of hydrogen-bond acceptors (Lipinski definition) is 5. The van der Waals surface area contributed by atoms with Gasteiger partial charge in [0, 0.05) is 55.2 Å². The van der Waals surface area contributed by atoms with Crippen molar-refractivity contribution in [2.24, 2.45) is 5.73 Å². The molecule has 2 aromatic rings. The van der Waals surface area contributed by atoms with Gasteiger partial charge in [0.2, 0.25) is 0 Å². The Morgan fingerprint density at radius 3 is 2.96 bits per heavy atom. The van der Waals surface area contributed by atoms with Gasteiger partial charge in [0.25, 0.3) is 5.91 Å². The number of rotatable bonds is 5. The highest BCUT2D eigenvalue weighted by molar-refractivity contribution is 7.10. The Labute approximate surface area is 171 Å².